The quantitative estimate of drug-likeness (QED) is 0.518. The molecule has 0 bridgehead atoms. The Hall–Kier alpha value is -2.34. The number of amides is 2. The van der Waals surface area contributed by atoms with Gasteiger partial charge in [0.15, 0.2) is 0 Å². The molecule has 0 aliphatic carbocycles. The summed E-state index contributed by atoms with van der Waals surface area (Å²) in [5.41, 5.74) is 0.484. The van der Waals surface area contributed by atoms with Gasteiger partial charge in [0.1, 0.15) is 12.4 Å². The molecule has 0 saturated heterocycles. The molecular weight excluding hydrogens is 272 g/mol. The second-order valence-corrected chi connectivity index (χ2v) is 4.34. The number of benzene rings is 1. The van der Waals surface area contributed by atoms with Crippen molar-refractivity contribution in [1.29, 1.82) is 0 Å². The average molecular weight is 292 g/mol. The van der Waals surface area contributed by atoms with Crippen LogP contribution in [-0.2, 0) is 9.59 Å². The maximum Gasteiger partial charge on any atom is 0.313 e. The van der Waals surface area contributed by atoms with Crippen molar-refractivity contribution < 1.29 is 19.4 Å². The molecule has 0 heterocycles. The monoisotopic (exact) mass is 292 g/mol. The van der Waals surface area contributed by atoms with Crippen molar-refractivity contribution in [3.63, 3.8) is 0 Å². The van der Waals surface area contributed by atoms with Gasteiger partial charge in [-0.1, -0.05) is 19.6 Å². The number of carbonyl (C=O) groups excluding carboxylic acids is 2. The highest BCUT2D eigenvalue weighted by Gasteiger charge is 2.17. The van der Waals surface area contributed by atoms with Gasteiger partial charge in [-0.05, 0) is 30.7 Å². The van der Waals surface area contributed by atoms with E-state index in [-0.39, 0.29) is 6.61 Å². The van der Waals surface area contributed by atoms with Crippen molar-refractivity contribution in [2.24, 2.45) is 0 Å². The number of hydrogen-bond acceptors (Lipinski definition) is 4. The van der Waals surface area contributed by atoms with Gasteiger partial charge in [0, 0.05) is 5.69 Å². The Labute approximate surface area is 123 Å². The van der Waals surface area contributed by atoms with E-state index in [4.69, 9.17) is 9.84 Å². The number of carbonyl (C=O) groups is 2. The van der Waals surface area contributed by atoms with Crippen LogP contribution < -0.4 is 15.4 Å². The van der Waals surface area contributed by atoms with Crippen molar-refractivity contribution in [2.75, 3.05) is 18.5 Å². The second-order valence-electron chi connectivity index (χ2n) is 4.34. The lowest BCUT2D eigenvalue weighted by Crippen LogP contribution is -2.43. The molecule has 0 unspecified atom stereocenters. The summed E-state index contributed by atoms with van der Waals surface area (Å²) < 4.78 is 5.31. The third kappa shape index (κ3) is 5.66. The summed E-state index contributed by atoms with van der Waals surface area (Å²) >= 11 is 0. The van der Waals surface area contributed by atoms with Gasteiger partial charge in [-0.25, -0.2) is 0 Å². The Morgan fingerprint density at radius 1 is 1.33 bits per heavy atom. The van der Waals surface area contributed by atoms with Crippen LogP contribution >= 0.6 is 0 Å². The summed E-state index contributed by atoms with van der Waals surface area (Å²) in [6.45, 7) is 5.54. The van der Waals surface area contributed by atoms with Crippen molar-refractivity contribution in [3.8, 4) is 5.75 Å². The first kappa shape index (κ1) is 16.7. The summed E-state index contributed by atoms with van der Waals surface area (Å²) in [7, 11) is 0. The molecule has 0 aliphatic heterocycles. The predicted octanol–water partition coefficient (Wildman–Crippen LogP) is 1.08. The van der Waals surface area contributed by atoms with Crippen LogP contribution in [0.15, 0.2) is 36.9 Å². The number of anilines is 1. The highest BCUT2D eigenvalue weighted by Crippen LogP contribution is 2.15. The van der Waals surface area contributed by atoms with E-state index in [1.165, 1.54) is 0 Å². The maximum absolute atomic E-state index is 11.7. The standard InChI is InChI=1S/C15H20N2O4/c1-3-9-21-13-7-5-12(6-8-13)17-15(20)14(19)16-11(4-2)10-18/h3,5-8,11,18H,1,4,9-10H2,2H3,(H,16,19)(H,17,20)/t11-/m1/s1. The number of hydrogen-bond donors (Lipinski definition) is 3. The zero-order valence-corrected chi connectivity index (χ0v) is 12.0. The van der Waals surface area contributed by atoms with E-state index < -0.39 is 17.9 Å². The van der Waals surface area contributed by atoms with Gasteiger partial charge in [0.25, 0.3) is 0 Å². The highest BCUT2D eigenvalue weighted by atomic mass is 16.5. The van der Waals surface area contributed by atoms with E-state index in [0.717, 1.165) is 0 Å². The van der Waals surface area contributed by atoms with E-state index in [9.17, 15) is 9.59 Å². The minimum atomic E-state index is -0.776. The van der Waals surface area contributed by atoms with Crippen LogP contribution in [-0.4, -0.2) is 36.2 Å². The molecule has 2 amide bonds. The van der Waals surface area contributed by atoms with E-state index in [1.54, 1.807) is 37.3 Å². The van der Waals surface area contributed by atoms with Crippen LogP contribution in [0, 0.1) is 0 Å². The molecule has 0 fully saturated rings. The van der Waals surface area contributed by atoms with Crippen LogP contribution in [0.25, 0.3) is 0 Å². The molecule has 6 nitrogen and oxygen atoms in total. The summed E-state index contributed by atoms with van der Waals surface area (Å²) in [6, 6.07) is 6.21. The van der Waals surface area contributed by atoms with Gasteiger partial charge in [-0.2, -0.15) is 0 Å². The summed E-state index contributed by atoms with van der Waals surface area (Å²) in [5, 5.41) is 13.9. The molecule has 0 aromatic heterocycles. The number of nitrogens with one attached hydrogen (secondary N) is 2. The van der Waals surface area contributed by atoms with Crippen LogP contribution in [0.3, 0.4) is 0 Å². The Kier molecular flexibility index (Phi) is 6.97. The summed E-state index contributed by atoms with van der Waals surface area (Å²) in [5.74, 6) is -0.909. The van der Waals surface area contributed by atoms with Gasteiger partial charge >= 0.3 is 11.8 Å². The van der Waals surface area contributed by atoms with E-state index in [1.807, 2.05) is 0 Å². The maximum atomic E-state index is 11.7. The largest absolute Gasteiger partial charge is 0.490 e. The Morgan fingerprint density at radius 2 is 2.00 bits per heavy atom. The molecule has 1 aromatic carbocycles. The average Bonchev–Trinajstić information content (AvgIpc) is 2.51. The zero-order chi connectivity index (χ0) is 15.7. The Balaban J connectivity index is 2.53. The fourth-order valence-corrected chi connectivity index (χ4v) is 1.51. The third-order valence-corrected chi connectivity index (χ3v) is 2.73. The number of ether oxygens (including phenoxy) is 1. The minimum Gasteiger partial charge on any atom is -0.490 e. The second kappa shape index (κ2) is 8.76. The van der Waals surface area contributed by atoms with Crippen molar-refractivity contribution in [2.45, 2.75) is 19.4 Å². The van der Waals surface area contributed by atoms with Crippen molar-refractivity contribution in [3.05, 3.63) is 36.9 Å². The molecular formula is C15H20N2O4. The van der Waals surface area contributed by atoms with Gasteiger partial charge < -0.3 is 20.5 Å². The predicted molar refractivity (Wildman–Crippen MR) is 80.1 cm³/mol. The van der Waals surface area contributed by atoms with Gasteiger partial charge in [-0.3, -0.25) is 9.59 Å². The SMILES string of the molecule is C=CCOc1ccc(NC(=O)C(=O)N[C@H](CC)CO)cc1. The number of aliphatic hydroxyl groups excluding tert-OH is 1. The normalized spacial score (nSPS) is 11.3. The lowest BCUT2D eigenvalue weighted by atomic mass is 10.2. The summed E-state index contributed by atoms with van der Waals surface area (Å²) in [6.07, 6.45) is 2.18. The molecule has 1 aromatic rings. The number of aliphatic hydroxyl groups is 1. The summed E-state index contributed by atoms with van der Waals surface area (Å²) in [4.78, 5) is 23.3. The molecule has 114 valence electrons. The Bertz CT molecular complexity index is 481. The van der Waals surface area contributed by atoms with Crippen LogP contribution in [0.5, 0.6) is 5.75 Å². The van der Waals surface area contributed by atoms with E-state index >= 15 is 0 Å². The molecule has 0 spiro atoms. The van der Waals surface area contributed by atoms with Crippen LogP contribution in [0.2, 0.25) is 0 Å². The lowest BCUT2D eigenvalue weighted by Gasteiger charge is -2.13. The minimum absolute atomic E-state index is 0.204. The smallest absolute Gasteiger partial charge is 0.313 e. The van der Waals surface area contributed by atoms with Crippen molar-refractivity contribution >= 4 is 17.5 Å². The third-order valence-electron chi connectivity index (χ3n) is 2.73. The highest BCUT2D eigenvalue weighted by molar-refractivity contribution is 6.39. The van der Waals surface area contributed by atoms with Crippen LogP contribution in [0.4, 0.5) is 5.69 Å². The van der Waals surface area contributed by atoms with Crippen molar-refractivity contribution in [1.82, 2.24) is 5.32 Å². The number of rotatable bonds is 7. The lowest BCUT2D eigenvalue weighted by molar-refractivity contribution is -0.136. The molecule has 6 heteroatoms. The van der Waals surface area contributed by atoms with Gasteiger partial charge in [-0.15, -0.1) is 0 Å². The topological polar surface area (TPSA) is 87.7 Å². The van der Waals surface area contributed by atoms with Gasteiger partial charge in [0.05, 0.1) is 12.6 Å². The molecule has 3 N–H and O–H groups in total. The van der Waals surface area contributed by atoms with Crippen LogP contribution in [0.1, 0.15) is 13.3 Å². The molecule has 0 aliphatic rings. The zero-order valence-electron chi connectivity index (χ0n) is 12.0. The molecule has 0 radical (unpaired) electrons. The molecule has 1 rings (SSSR count). The fraction of sp³-hybridized carbons (Fsp3) is 0.333. The van der Waals surface area contributed by atoms with Gasteiger partial charge in [0.2, 0.25) is 0 Å². The van der Waals surface area contributed by atoms with E-state index in [0.29, 0.717) is 24.5 Å². The fourth-order valence-electron chi connectivity index (χ4n) is 1.51. The molecule has 21 heavy (non-hydrogen) atoms. The first-order chi connectivity index (χ1) is 10.1. The van der Waals surface area contributed by atoms with E-state index in [2.05, 4.69) is 17.2 Å². The first-order valence-electron chi connectivity index (χ1n) is 6.67. The Morgan fingerprint density at radius 3 is 2.52 bits per heavy atom. The molecule has 1 atom stereocenters. The first-order valence-corrected chi connectivity index (χ1v) is 6.67. The molecule has 0 saturated carbocycles.